The molecular formula is C50H84N2O2. The fourth-order valence-electron chi connectivity index (χ4n) is 7.53. The molecule has 2 N–H and O–H groups in total. The van der Waals surface area contributed by atoms with E-state index in [1.54, 1.807) is 0 Å². The van der Waals surface area contributed by atoms with Gasteiger partial charge >= 0.3 is 0 Å². The Kier molecular flexibility index (Phi) is 28.7. The molecule has 2 amide bonds. The van der Waals surface area contributed by atoms with Crippen LogP contribution in [0.1, 0.15) is 219 Å². The van der Waals surface area contributed by atoms with Crippen LogP contribution < -0.4 is 10.6 Å². The van der Waals surface area contributed by atoms with E-state index in [4.69, 9.17) is 0 Å². The third kappa shape index (κ3) is 24.7. The lowest BCUT2D eigenvalue weighted by Gasteiger charge is -2.23. The van der Waals surface area contributed by atoms with Gasteiger partial charge in [0.1, 0.15) is 0 Å². The van der Waals surface area contributed by atoms with E-state index in [9.17, 15) is 9.59 Å². The van der Waals surface area contributed by atoms with Crippen LogP contribution in [-0.4, -0.2) is 17.9 Å². The summed E-state index contributed by atoms with van der Waals surface area (Å²) in [4.78, 5) is 25.2. The molecule has 0 heterocycles. The van der Waals surface area contributed by atoms with Crippen LogP contribution in [0.4, 0.5) is 0 Å². The van der Waals surface area contributed by atoms with Crippen LogP contribution >= 0.6 is 0 Å². The molecule has 4 nitrogen and oxygen atoms in total. The Morgan fingerprint density at radius 1 is 0.444 bits per heavy atom. The molecule has 2 aromatic rings. The predicted octanol–water partition coefficient (Wildman–Crippen LogP) is 14.6. The van der Waals surface area contributed by atoms with Crippen LogP contribution in [0.25, 0.3) is 11.1 Å². The van der Waals surface area contributed by atoms with Crippen LogP contribution in [0.2, 0.25) is 0 Å². The molecule has 0 fully saturated rings. The van der Waals surface area contributed by atoms with Crippen molar-refractivity contribution >= 4 is 11.8 Å². The minimum Gasteiger partial charge on any atom is -0.353 e. The van der Waals surface area contributed by atoms with Gasteiger partial charge in [-0.25, -0.2) is 0 Å². The number of rotatable bonds is 35. The summed E-state index contributed by atoms with van der Waals surface area (Å²) in [6.45, 7) is 9.55. The van der Waals surface area contributed by atoms with Crippen molar-refractivity contribution in [3.05, 3.63) is 59.7 Å². The zero-order chi connectivity index (χ0) is 38.9. The predicted molar refractivity (Wildman–Crippen MR) is 235 cm³/mol. The minimum atomic E-state index is 0.143. The van der Waals surface area contributed by atoms with Crippen molar-refractivity contribution in [1.29, 1.82) is 0 Å². The van der Waals surface area contributed by atoms with Crippen LogP contribution in [0.5, 0.6) is 0 Å². The number of amides is 2. The molecule has 0 aromatic heterocycles. The lowest BCUT2D eigenvalue weighted by Crippen LogP contribution is -2.40. The number of hydrogen-bond donors (Lipinski definition) is 2. The van der Waals surface area contributed by atoms with Crippen molar-refractivity contribution < 1.29 is 9.59 Å². The molecule has 0 aliphatic rings. The Hall–Kier alpha value is -2.62. The van der Waals surface area contributed by atoms with Crippen molar-refractivity contribution in [2.24, 2.45) is 5.92 Å². The number of nitrogens with one attached hydrogen (secondary N) is 2. The second-order valence-electron chi connectivity index (χ2n) is 16.8. The van der Waals surface area contributed by atoms with E-state index in [1.807, 2.05) is 0 Å². The number of benzene rings is 2. The van der Waals surface area contributed by atoms with Crippen LogP contribution in [0.3, 0.4) is 0 Å². The van der Waals surface area contributed by atoms with Crippen molar-refractivity contribution in [3.8, 4) is 11.1 Å². The van der Waals surface area contributed by atoms with Gasteiger partial charge in [-0.15, -0.1) is 0 Å². The van der Waals surface area contributed by atoms with Gasteiger partial charge in [0.25, 0.3) is 0 Å². The summed E-state index contributed by atoms with van der Waals surface area (Å²) in [5.41, 5.74) is 4.74. The van der Waals surface area contributed by atoms with Gasteiger partial charge in [0.15, 0.2) is 0 Å². The van der Waals surface area contributed by atoms with Crippen LogP contribution in [-0.2, 0) is 22.6 Å². The first-order chi connectivity index (χ1) is 26.4. The zero-order valence-electron chi connectivity index (χ0n) is 35.8. The first-order valence-electron chi connectivity index (χ1n) is 23.2. The van der Waals surface area contributed by atoms with Gasteiger partial charge in [-0.3, -0.25) is 9.59 Å². The Morgan fingerprint density at radius 3 is 1.15 bits per heavy atom. The molecule has 4 heteroatoms. The molecule has 1 atom stereocenters. The first-order valence-corrected chi connectivity index (χ1v) is 23.2. The molecule has 0 aliphatic carbocycles. The summed E-state index contributed by atoms with van der Waals surface area (Å²) in [5, 5.41) is 6.46. The van der Waals surface area contributed by atoms with E-state index >= 15 is 0 Å². The summed E-state index contributed by atoms with van der Waals surface area (Å²) < 4.78 is 0. The average Bonchev–Trinajstić information content (AvgIpc) is 3.18. The molecule has 2 rings (SSSR count). The zero-order valence-corrected chi connectivity index (χ0v) is 35.8. The van der Waals surface area contributed by atoms with Gasteiger partial charge < -0.3 is 10.6 Å². The first kappa shape index (κ1) is 47.5. The third-order valence-electron chi connectivity index (χ3n) is 11.4. The molecule has 2 aromatic carbocycles. The fourth-order valence-corrected chi connectivity index (χ4v) is 7.53. The lowest BCUT2D eigenvalue weighted by atomic mass is 9.94. The summed E-state index contributed by atoms with van der Waals surface area (Å²) in [6, 6.07) is 17.5. The normalized spacial score (nSPS) is 11.9. The quantitative estimate of drug-likeness (QED) is 0.0691. The van der Waals surface area contributed by atoms with E-state index in [2.05, 4.69) is 86.9 Å². The topological polar surface area (TPSA) is 58.2 Å². The maximum atomic E-state index is 12.8. The second-order valence-corrected chi connectivity index (χ2v) is 16.8. The highest BCUT2D eigenvalue weighted by molar-refractivity contribution is 5.76. The number of hydrogen-bond acceptors (Lipinski definition) is 2. The molecule has 0 saturated carbocycles. The monoisotopic (exact) mass is 745 g/mol. The smallest absolute Gasteiger partial charge is 0.220 e. The maximum absolute atomic E-state index is 12.8. The number of unbranched alkanes of at least 4 members (excludes halogenated alkanes) is 24. The Balaban J connectivity index is 1.57. The second kappa shape index (κ2) is 32.6. The third-order valence-corrected chi connectivity index (χ3v) is 11.4. The van der Waals surface area contributed by atoms with Crippen molar-refractivity contribution in [3.63, 3.8) is 0 Å². The summed E-state index contributed by atoms with van der Waals surface area (Å²) in [7, 11) is 0. The van der Waals surface area contributed by atoms with E-state index in [1.165, 1.54) is 158 Å². The minimum absolute atomic E-state index is 0.143. The van der Waals surface area contributed by atoms with Gasteiger partial charge in [0.05, 0.1) is 0 Å². The summed E-state index contributed by atoms with van der Waals surface area (Å²) in [5.74, 6) is 0.736. The molecule has 306 valence electrons. The van der Waals surface area contributed by atoms with E-state index < -0.39 is 0 Å². The fraction of sp³-hybridized carbons (Fsp3) is 0.720. The molecule has 0 saturated heterocycles. The highest BCUT2D eigenvalue weighted by Crippen LogP contribution is 2.22. The van der Waals surface area contributed by atoms with Crippen molar-refractivity contribution in [2.75, 3.05) is 0 Å². The summed E-state index contributed by atoms with van der Waals surface area (Å²) in [6.07, 6.45) is 36.5. The molecule has 54 heavy (non-hydrogen) atoms. The molecule has 0 unspecified atom stereocenters. The van der Waals surface area contributed by atoms with Crippen molar-refractivity contribution in [1.82, 2.24) is 10.6 Å². The Bertz CT molecular complexity index is 1170. The van der Waals surface area contributed by atoms with Crippen LogP contribution in [0, 0.1) is 5.92 Å². The lowest BCUT2D eigenvalue weighted by molar-refractivity contribution is -0.122. The van der Waals surface area contributed by atoms with E-state index in [0.29, 0.717) is 25.3 Å². The SMILES string of the molecule is CCCCCCCCCCCCCCCC(=O)NCc1ccc(-c2ccc(C[C@H](NC(=O)CCCCCCCCCCCCCCC)C(C)C)cc2)cc1. The summed E-state index contributed by atoms with van der Waals surface area (Å²) >= 11 is 0. The molecule has 0 radical (unpaired) electrons. The molecule has 0 aliphatic heterocycles. The average molecular weight is 745 g/mol. The van der Waals surface area contributed by atoms with Gasteiger partial charge in [0, 0.05) is 25.4 Å². The number of carbonyl (C=O) groups excluding carboxylic acids is 2. The Labute approximate surface area is 334 Å². The molecular weight excluding hydrogens is 661 g/mol. The van der Waals surface area contributed by atoms with Gasteiger partial charge in [0.2, 0.25) is 11.8 Å². The van der Waals surface area contributed by atoms with Gasteiger partial charge in [-0.2, -0.15) is 0 Å². The van der Waals surface area contributed by atoms with E-state index in [-0.39, 0.29) is 17.9 Å². The highest BCUT2D eigenvalue weighted by Gasteiger charge is 2.17. The largest absolute Gasteiger partial charge is 0.353 e. The Morgan fingerprint density at radius 2 is 0.778 bits per heavy atom. The number of carbonyl (C=O) groups is 2. The van der Waals surface area contributed by atoms with Gasteiger partial charge in [-0.1, -0.05) is 230 Å². The molecule has 0 bridgehead atoms. The van der Waals surface area contributed by atoms with Crippen LogP contribution in [0.15, 0.2) is 48.5 Å². The van der Waals surface area contributed by atoms with Crippen molar-refractivity contribution in [2.45, 2.75) is 226 Å². The molecule has 0 spiro atoms. The highest BCUT2D eigenvalue weighted by atomic mass is 16.2. The standard InChI is InChI=1S/C50H84N2O2/c1-5-7-9-11-13-15-17-19-21-23-25-27-29-31-49(53)51-42-45-35-39-47(40-36-45)46-37-33-44(34-38-46)41-48(43(3)4)52-50(54)32-30-28-26-24-22-20-18-16-14-12-10-8-6-2/h33-40,43,48H,5-32,41-42H2,1-4H3,(H,51,53)(H,52,54)/t48-/m0/s1. The van der Waals surface area contributed by atoms with E-state index in [0.717, 1.165) is 37.7 Å². The van der Waals surface area contributed by atoms with Gasteiger partial charge in [-0.05, 0) is 47.4 Å². The maximum Gasteiger partial charge on any atom is 0.220 e.